The van der Waals surface area contributed by atoms with E-state index >= 15 is 0 Å². The quantitative estimate of drug-likeness (QED) is 0.809. The van der Waals surface area contributed by atoms with Gasteiger partial charge in [0.25, 0.3) is 5.56 Å². The number of ether oxygens (including phenoxy) is 1. The number of carboxylic acid groups (broad SMARTS) is 1. The van der Waals surface area contributed by atoms with Crippen LogP contribution in [0, 0.1) is 0 Å². The van der Waals surface area contributed by atoms with Crippen molar-refractivity contribution in [3.8, 4) is 11.5 Å². The summed E-state index contributed by atoms with van der Waals surface area (Å²) in [6.45, 7) is 0. The molecule has 0 atom stereocenters. The summed E-state index contributed by atoms with van der Waals surface area (Å²) in [6.07, 6.45) is 5.65. The minimum absolute atomic E-state index is 0.150. The van der Waals surface area contributed by atoms with Gasteiger partial charge in [-0.3, -0.25) is 4.79 Å². The molecular weight excluding hydrogens is 286 g/mol. The third-order valence-electron chi connectivity index (χ3n) is 4.03. The van der Waals surface area contributed by atoms with Crippen molar-refractivity contribution in [3.63, 3.8) is 0 Å². The molecule has 3 rings (SSSR count). The Bertz CT molecular complexity index is 774. The monoisotopic (exact) mass is 303 g/mol. The second-order valence-electron chi connectivity index (χ2n) is 5.57. The van der Waals surface area contributed by atoms with Gasteiger partial charge in [-0.05, 0) is 43.9 Å². The fourth-order valence-corrected chi connectivity index (χ4v) is 2.90. The Labute approximate surface area is 126 Å². The zero-order valence-corrected chi connectivity index (χ0v) is 12.0. The van der Waals surface area contributed by atoms with Crippen LogP contribution in [0.2, 0.25) is 0 Å². The lowest BCUT2D eigenvalue weighted by atomic mass is 9.98. The summed E-state index contributed by atoms with van der Waals surface area (Å²) in [5.41, 5.74) is -1.06. The maximum absolute atomic E-state index is 12.0. The molecule has 6 heteroatoms. The molecule has 22 heavy (non-hydrogen) atoms. The Hall–Kier alpha value is -2.50. The highest BCUT2D eigenvalue weighted by Gasteiger charge is 2.18. The van der Waals surface area contributed by atoms with Gasteiger partial charge in [-0.15, -0.1) is 0 Å². The van der Waals surface area contributed by atoms with Gasteiger partial charge in [0.05, 0.1) is 11.5 Å². The Morgan fingerprint density at radius 2 is 1.91 bits per heavy atom. The normalized spacial score (nSPS) is 15.8. The van der Waals surface area contributed by atoms with Crippen LogP contribution in [0.15, 0.2) is 23.0 Å². The molecule has 1 aromatic heterocycles. The van der Waals surface area contributed by atoms with Crippen LogP contribution in [0.3, 0.4) is 0 Å². The van der Waals surface area contributed by atoms with Crippen LogP contribution in [0.5, 0.6) is 11.5 Å². The number of benzene rings is 1. The summed E-state index contributed by atoms with van der Waals surface area (Å²) in [4.78, 5) is 25.2. The summed E-state index contributed by atoms with van der Waals surface area (Å²) in [7, 11) is 0. The van der Waals surface area contributed by atoms with Crippen molar-refractivity contribution in [2.24, 2.45) is 0 Å². The fraction of sp³-hybridized carbons (Fsp3) is 0.375. The van der Waals surface area contributed by atoms with E-state index in [0.717, 1.165) is 25.7 Å². The third kappa shape index (κ3) is 2.64. The average molecular weight is 303 g/mol. The molecule has 0 saturated heterocycles. The fourth-order valence-electron chi connectivity index (χ4n) is 2.90. The number of carbonyl (C=O) groups is 1. The largest absolute Gasteiger partial charge is 0.505 e. The second-order valence-corrected chi connectivity index (χ2v) is 5.57. The number of aromatic carboxylic acids is 1. The number of aromatic nitrogens is 1. The van der Waals surface area contributed by atoms with Crippen LogP contribution in [0.1, 0.15) is 42.6 Å². The van der Waals surface area contributed by atoms with E-state index in [1.165, 1.54) is 12.5 Å². The van der Waals surface area contributed by atoms with Crippen molar-refractivity contribution in [1.29, 1.82) is 0 Å². The lowest BCUT2D eigenvalue weighted by Gasteiger charge is -2.23. The molecule has 0 aliphatic heterocycles. The van der Waals surface area contributed by atoms with Crippen LogP contribution in [0.4, 0.5) is 0 Å². The molecule has 116 valence electrons. The number of H-pyrrole nitrogens is 1. The SMILES string of the molecule is O=C(O)c1[nH]c(=O)c2cc(OC3CCCCC3)ccc2c1O. The summed E-state index contributed by atoms with van der Waals surface area (Å²) < 4.78 is 5.89. The Morgan fingerprint density at radius 1 is 1.18 bits per heavy atom. The van der Waals surface area contributed by atoms with Gasteiger partial charge in [-0.2, -0.15) is 0 Å². The maximum atomic E-state index is 12.0. The van der Waals surface area contributed by atoms with E-state index in [4.69, 9.17) is 9.84 Å². The van der Waals surface area contributed by atoms with Crippen molar-refractivity contribution in [3.05, 3.63) is 34.2 Å². The number of aromatic amines is 1. The smallest absolute Gasteiger partial charge is 0.356 e. The van der Waals surface area contributed by atoms with Crippen LogP contribution < -0.4 is 10.3 Å². The number of hydrogen-bond donors (Lipinski definition) is 3. The number of fused-ring (bicyclic) bond motifs is 1. The second kappa shape index (κ2) is 5.71. The number of aromatic hydroxyl groups is 1. The van der Waals surface area contributed by atoms with Crippen LogP contribution in [0.25, 0.3) is 10.8 Å². The molecule has 1 fully saturated rings. The van der Waals surface area contributed by atoms with Gasteiger partial charge in [-0.25, -0.2) is 4.79 Å². The minimum Gasteiger partial charge on any atom is -0.505 e. The van der Waals surface area contributed by atoms with Crippen molar-refractivity contribution in [2.45, 2.75) is 38.2 Å². The summed E-state index contributed by atoms with van der Waals surface area (Å²) in [5.74, 6) is -1.25. The van der Waals surface area contributed by atoms with Crippen molar-refractivity contribution in [2.75, 3.05) is 0 Å². The number of pyridine rings is 1. The topological polar surface area (TPSA) is 99.6 Å². The van der Waals surface area contributed by atoms with Crippen LogP contribution in [-0.4, -0.2) is 27.3 Å². The Morgan fingerprint density at radius 3 is 2.59 bits per heavy atom. The third-order valence-corrected chi connectivity index (χ3v) is 4.03. The lowest BCUT2D eigenvalue weighted by molar-refractivity contribution is 0.0687. The molecule has 2 aromatic rings. The standard InChI is InChI=1S/C16H17NO5/c18-14-11-7-6-10(22-9-4-2-1-3-5-9)8-12(11)15(19)17-13(14)16(20)21/h6-9,18H,1-5H2,(H,17,19)(H,20,21). The molecule has 1 saturated carbocycles. The highest BCUT2D eigenvalue weighted by Crippen LogP contribution is 2.29. The molecule has 1 heterocycles. The first-order valence-corrected chi connectivity index (χ1v) is 7.35. The highest BCUT2D eigenvalue weighted by molar-refractivity contribution is 5.98. The molecule has 0 radical (unpaired) electrons. The van der Waals surface area contributed by atoms with Gasteiger partial charge >= 0.3 is 5.97 Å². The lowest BCUT2D eigenvalue weighted by Crippen LogP contribution is -2.20. The minimum atomic E-state index is -1.38. The van der Waals surface area contributed by atoms with Gasteiger partial charge in [0, 0.05) is 5.39 Å². The predicted octanol–water partition coefficient (Wildman–Crippen LogP) is 2.64. The van der Waals surface area contributed by atoms with E-state index in [0.29, 0.717) is 5.75 Å². The van der Waals surface area contributed by atoms with Crippen molar-refractivity contribution < 1.29 is 19.7 Å². The molecule has 0 spiro atoms. The number of rotatable bonds is 3. The Balaban J connectivity index is 1.99. The summed E-state index contributed by atoms with van der Waals surface area (Å²) in [6, 6.07) is 4.72. The number of carboxylic acids is 1. The zero-order valence-electron chi connectivity index (χ0n) is 12.0. The Kier molecular flexibility index (Phi) is 3.75. The molecule has 6 nitrogen and oxygen atoms in total. The van der Waals surface area contributed by atoms with Gasteiger partial charge in [0.15, 0.2) is 11.4 Å². The molecule has 0 unspecified atom stereocenters. The van der Waals surface area contributed by atoms with E-state index in [1.807, 2.05) is 0 Å². The molecule has 1 aliphatic rings. The van der Waals surface area contributed by atoms with E-state index < -0.39 is 23.0 Å². The van der Waals surface area contributed by atoms with Gasteiger partial charge in [0.2, 0.25) is 0 Å². The highest BCUT2D eigenvalue weighted by atomic mass is 16.5. The average Bonchev–Trinajstić information content (AvgIpc) is 2.51. The first-order valence-electron chi connectivity index (χ1n) is 7.35. The van der Waals surface area contributed by atoms with E-state index in [9.17, 15) is 14.7 Å². The molecule has 3 N–H and O–H groups in total. The molecule has 0 amide bonds. The molecule has 1 aliphatic carbocycles. The van der Waals surface area contributed by atoms with E-state index in [1.54, 1.807) is 12.1 Å². The molecular formula is C16H17NO5. The number of hydrogen-bond acceptors (Lipinski definition) is 4. The van der Waals surface area contributed by atoms with E-state index in [-0.39, 0.29) is 16.9 Å². The van der Waals surface area contributed by atoms with Crippen molar-refractivity contribution >= 4 is 16.7 Å². The zero-order chi connectivity index (χ0) is 15.7. The summed E-state index contributed by atoms with van der Waals surface area (Å²) >= 11 is 0. The maximum Gasteiger partial charge on any atom is 0.356 e. The number of nitrogens with one attached hydrogen (secondary N) is 1. The predicted molar refractivity (Wildman–Crippen MR) is 80.7 cm³/mol. The first-order chi connectivity index (χ1) is 10.6. The van der Waals surface area contributed by atoms with E-state index in [2.05, 4.69) is 4.98 Å². The van der Waals surface area contributed by atoms with Crippen LogP contribution in [-0.2, 0) is 0 Å². The van der Waals surface area contributed by atoms with Gasteiger partial charge in [-0.1, -0.05) is 6.42 Å². The summed E-state index contributed by atoms with van der Waals surface area (Å²) in [5, 5.41) is 19.4. The first kappa shape index (κ1) is 14.4. The van der Waals surface area contributed by atoms with Gasteiger partial charge in [0.1, 0.15) is 5.75 Å². The van der Waals surface area contributed by atoms with Crippen molar-refractivity contribution in [1.82, 2.24) is 4.98 Å². The molecule has 0 bridgehead atoms. The van der Waals surface area contributed by atoms with Crippen LogP contribution >= 0.6 is 0 Å². The molecule has 1 aromatic carbocycles. The van der Waals surface area contributed by atoms with Gasteiger partial charge < -0.3 is 19.9 Å².